The van der Waals surface area contributed by atoms with Crippen molar-refractivity contribution in [2.75, 3.05) is 0 Å². The molecular weight excluding hydrogens is 236 g/mol. The molecule has 84 valence electrons. The van der Waals surface area contributed by atoms with Crippen LogP contribution in [0, 0.1) is 11.7 Å². The average molecular weight is 250 g/mol. The van der Waals surface area contributed by atoms with Crippen molar-refractivity contribution in [2.24, 2.45) is 11.7 Å². The highest BCUT2D eigenvalue weighted by molar-refractivity contribution is 6.30. The zero-order valence-corrected chi connectivity index (χ0v) is 9.82. The van der Waals surface area contributed by atoms with Gasteiger partial charge in [-0.1, -0.05) is 24.1 Å². The molecule has 1 aromatic rings. The summed E-state index contributed by atoms with van der Waals surface area (Å²) in [5, 5.41) is 0.164. The molecule has 4 heteroatoms. The van der Waals surface area contributed by atoms with E-state index < -0.39 is 0 Å². The smallest absolute Gasteiger partial charge is 0.141 e. The topological polar surface area (TPSA) is 26.0 Å². The third-order valence-electron chi connectivity index (χ3n) is 2.99. The fourth-order valence-electron chi connectivity index (χ4n) is 1.79. The molecule has 2 N–H and O–H groups in total. The molecule has 0 spiro atoms. The predicted molar refractivity (Wildman–Crippen MR) is 62.9 cm³/mol. The van der Waals surface area contributed by atoms with Crippen LogP contribution in [0.5, 0.6) is 0 Å². The number of rotatable bonds is 2. The van der Waals surface area contributed by atoms with Crippen molar-refractivity contribution in [3.8, 4) is 0 Å². The predicted octanol–water partition coefficient (Wildman–Crippen LogP) is 3.70. The Morgan fingerprint density at radius 3 is 2.53 bits per heavy atom. The van der Waals surface area contributed by atoms with Crippen LogP contribution >= 0.6 is 24.0 Å². The molecule has 1 saturated carbocycles. The quantitative estimate of drug-likeness (QED) is 0.850. The van der Waals surface area contributed by atoms with Crippen LogP contribution in [0.3, 0.4) is 0 Å². The van der Waals surface area contributed by atoms with Gasteiger partial charge in [-0.05, 0) is 36.5 Å². The SMILES string of the molecule is Cl.N[C@H](c1ccc(F)c(Cl)c1)C1CCC1. The summed E-state index contributed by atoms with van der Waals surface area (Å²) in [7, 11) is 0. The van der Waals surface area contributed by atoms with Gasteiger partial charge < -0.3 is 5.73 Å². The second kappa shape index (κ2) is 5.15. The minimum absolute atomic E-state index is 0. The van der Waals surface area contributed by atoms with E-state index >= 15 is 0 Å². The van der Waals surface area contributed by atoms with Gasteiger partial charge in [-0.15, -0.1) is 12.4 Å². The Kier molecular flexibility index (Phi) is 4.38. The van der Waals surface area contributed by atoms with E-state index in [9.17, 15) is 4.39 Å². The van der Waals surface area contributed by atoms with Gasteiger partial charge >= 0.3 is 0 Å². The number of nitrogens with two attached hydrogens (primary N) is 1. The van der Waals surface area contributed by atoms with Crippen molar-refractivity contribution in [1.82, 2.24) is 0 Å². The fraction of sp³-hybridized carbons (Fsp3) is 0.455. The van der Waals surface area contributed by atoms with E-state index in [0.717, 1.165) is 5.56 Å². The Bertz CT molecular complexity index is 339. The van der Waals surface area contributed by atoms with Crippen LogP contribution in [0.2, 0.25) is 5.02 Å². The Morgan fingerprint density at radius 1 is 1.40 bits per heavy atom. The summed E-state index contributed by atoms with van der Waals surface area (Å²) >= 11 is 5.69. The summed E-state index contributed by atoms with van der Waals surface area (Å²) in [5.74, 6) is 0.174. The maximum atomic E-state index is 12.9. The molecule has 15 heavy (non-hydrogen) atoms. The van der Waals surface area contributed by atoms with E-state index in [2.05, 4.69) is 0 Å². The van der Waals surface area contributed by atoms with E-state index in [0.29, 0.717) is 5.92 Å². The van der Waals surface area contributed by atoms with E-state index in [-0.39, 0.29) is 29.3 Å². The molecule has 0 unspecified atom stereocenters. The van der Waals surface area contributed by atoms with Crippen LogP contribution in [0.25, 0.3) is 0 Å². The third kappa shape index (κ3) is 2.63. The summed E-state index contributed by atoms with van der Waals surface area (Å²) in [5.41, 5.74) is 6.98. The average Bonchev–Trinajstić information content (AvgIpc) is 2.06. The Balaban J connectivity index is 0.00000112. The minimum Gasteiger partial charge on any atom is -0.324 e. The molecule has 0 amide bonds. The van der Waals surface area contributed by atoms with Gasteiger partial charge in [0.05, 0.1) is 5.02 Å². The van der Waals surface area contributed by atoms with Gasteiger partial charge in [-0.2, -0.15) is 0 Å². The van der Waals surface area contributed by atoms with Crippen LogP contribution in [0.15, 0.2) is 18.2 Å². The molecule has 1 atom stereocenters. The maximum Gasteiger partial charge on any atom is 0.141 e. The van der Waals surface area contributed by atoms with Crippen molar-refractivity contribution in [3.63, 3.8) is 0 Å². The summed E-state index contributed by atoms with van der Waals surface area (Å²) < 4.78 is 12.9. The van der Waals surface area contributed by atoms with Gasteiger partial charge in [0.2, 0.25) is 0 Å². The molecule has 0 bridgehead atoms. The van der Waals surface area contributed by atoms with Crippen molar-refractivity contribution in [1.29, 1.82) is 0 Å². The number of benzene rings is 1. The lowest BCUT2D eigenvalue weighted by Crippen LogP contribution is -2.26. The van der Waals surface area contributed by atoms with Gasteiger partial charge in [0, 0.05) is 6.04 Å². The number of halogens is 3. The van der Waals surface area contributed by atoms with Gasteiger partial charge in [-0.3, -0.25) is 0 Å². The van der Waals surface area contributed by atoms with E-state index in [1.807, 2.05) is 0 Å². The van der Waals surface area contributed by atoms with Crippen molar-refractivity contribution in [3.05, 3.63) is 34.6 Å². The highest BCUT2D eigenvalue weighted by Crippen LogP contribution is 2.36. The van der Waals surface area contributed by atoms with Crippen LogP contribution in [-0.2, 0) is 0 Å². The van der Waals surface area contributed by atoms with E-state index in [4.69, 9.17) is 17.3 Å². The highest BCUT2D eigenvalue weighted by atomic mass is 35.5. The molecule has 0 aromatic heterocycles. The van der Waals surface area contributed by atoms with Crippen molar-refractivity contribution < 1.29 is 4.39 Å². The molecule has 1 nitrogen and oxygen atoms in total. The molecule has 0 radical (unpaired) electrons. The highest BCUT2D eigenvalue weighted by Gasteiger charge is 2.25. The first kappa shape index (κ1) is 12.8. The summed E-state index contributed by atoms with van der Waals surface area (Å²) in [4.78, 5) is 0. The summed E-state index contributed by atoms with van der Waals surface area (Å²) in [6.45, 7) is 0. The molecule has 0 heterocycles. The van der Waals surface area contributed by atoms with Gasteiger partial charge in [0.15, 0.2) is 0 Å². The molecule has 0 saturated heterocycles. The van der Waals surface area contributed by atoms with Gasteiger partial charge in [-0.25, -0.2) is 4.39 Å². The summed E-state index contributed by atoms with van der Waals surface area (Å²) in [6, 6.07) is 4.77. The second-order valence-electron chi connectivity index (χ2n) is 3.89. The molecular formula is C11H14Cl2FN. The first-order valence-electron chi connectivity index (χ1n) is 4.89. The zero-order valence-electron chi connectivity index (χ0n) is 8.25. The lowest BCUT2D eigenvalue weighted by atomic mass is 9.78. The van der Waals surface area contributed by atoms with E-state index in [1.54, 1.807) is 12.1 Å². The normalized spacial score (nSPS) is 17.8. The standard InChI is InChI=1S/C11H13ClFN.ClH/c12-9-6-8(4-5-10(9)13)11(14)7-2-1-3-7;/h4-7,11H,1-3,14H2;1H/t11-;/m0./s1. The van der Waals surface area contributed by atoms with E-state index in [1.165, 1.54) is 25.3 Å². The van der Waals surface area contributed by atoms with Crippen LogP contribution < -0.4 is 5.73 Å². The first-order valence-corrected chi connectivity index (χ1v) is 5.27. The molecule has 2 rings (SSSR count). The van der Waals surface area contributed by atoms with Gasteiger partial charge in [0.25, 0.3) is 0 Å². The van der Waals surface area contributed by atoms with Gasteiger partial charge in [0.1, 0.15) is 5.82 Å². The lowest BCUT2D eigenvalue weighted by Gasteiger charge is -2.31. The van der Waals surface area contributed by atoms with Crippen LogP contribution in [-0.4, -0.2) is 0 Å². The Labute approximate surface area is 100 Å². The molecule has 1 fully saturated rings. The van der Waals surface area contributed by atoms with Crippen LogP contribution in [0.4, 0.5) is 4.39 Å². The third-order valence-corrected chi connectivity index (χ3v) is 3.28. The number of hydrogen-bond donors (Lipinski definition) is 1. The van der Waals surface area contributed by atoms with Crippen LogP contribution in [0.1, 0.15) is 30.9 Å². The summed E-state index contributed by atoms with van der Waals surface area (Å²) in [6.07, 6.45) is 3.61. The molecule has 1 aliphatic carbocycles. The lowest BCUT2D eigenvalue weighted by molar-refractivity contribution is 0.264. The maximum absolute atomic E-state index is 12.9. The molecule has 1 aliphatic rings. The number of hydrogen-bond acceptors (Lipinski definition) is 1. The Hall–Kier alpha value is -0.310. The zero-order chi connectivity index (χ0) is 10.1. The fourth-order valence-corrected chi connectivity index (χ4v) is 1.98. The molecule has 1 aromatic carbocycles. The monoisotopic (exact) mass is 249 g/mol. The Morgan fingerprint density at radius 2 is 2.07 bits per heavy atom. The van der Waals surface area contributed by atoms with Crippen molar-refractivity contribution in [2.45, 2.75) is 25.3 Å². The second-order valence-corrected chi connectivity index (χ2v) is 4.30. The largest absolute Gasteiger partial charge is 0.324 e. The minimum atomic E-state index is -0.378. The first-order chi connectivity index (χ1) is 6.68. The van der Waals surface area contributed by atoms with Crippen molar-refractivity contribution >= 4 is 24.0 Å². The molecule has 0 aliphatic heterocycles.